The van der Waals surface area contributed by atoms with Gasteiger partial charge < -0.3 is 0 Å². The molecule has 0 spiro atoms. The first-order valence-corrected chi connectivity index (χ1v) is 6.17. The van der Waals surface area contributed by atoms with E-state index in [1.807, 2.05) is 5.51 Å². The van der Waals surface area contributed by atoms with Crippen LogP contribution in [0.4, 0.5) is 0 Å². The van der Waals surface area contributed by atoms with Crippen molar-refractivity contribution in [2.45, 2.75) is 34.1 Å². The molecule has 15 heavy (non-hydrogen) atoms. The van der Waals surface area contributed by atoms with E-state index in [1.54, 1.807) is 11.3 Å². The van der Waals surface area contributed by atoms with Crippen LogP contribution >= 0.6 is 11.3 Å². The summed E-state index contributed by atoms with van der Waals surface area (Å²) in [5.41, 5.74) is 6.19. The van der Waals surface area contributed by atoms with E-state index in [-0.39, 0.29) is 0 Å². The largest absolute Gasteiger partial charge is 0.244 e. The Morgan fingerprint density at radius 3 is 2.67 bits per heavy atom. The highest BCUT2D eigenvalue weighted by Gasteiger charge is 2.14. The summed E-state index contributed by atoms with van der Waals surface area (Å²) in [6.45, 7) is 8.96. The smallest absolute Gasteiger partial charge is 0.0846 e. The van der Waals surface area contributed by atoms with Gasteiger partial charge in [0.15, 0.2) is 0 Å². The summed E-state index contributed by atoms with van der Waals surface area (Å²) < 4.78 is 1.34. The van der Waals surface area contributed by atoms with Crippen LogP contribution in [0.2, 0.25) is 0 Å². The summed E-state index contributed by atoms with van der Waals surface area (Å²) >= 11 is 1.74. The minimum atomic E-state index is 0.325. The summed E-state index contributed by atoms with van der Waals surface area (Å²) in [5.74, 6) is 0. The van der Waals surface area contributed by atoms with E-state index in [4.69, 9.17) is 0 Å². The number of aromatic nitrogens is 1. The lowest BCUT2D eigenvalue weighted by Gasteiger charge is -2.18. The van der Waals surface area contributed by atoms with Crippen LogP contribution in [0.15, 0.2) is 17.6 Å². The first-order chi connectivity index (χ1) is 6.97. The third-order valence-electron chi connectivity index (χ3n) is 2.49. The molecule has 0 unspecified atom stereocenters. The zero-order valence-electron chi connectivity index (χ0n) is 9.79. The third-order valence-corrected chi connectivity index (χ3v) is 3.45. The molecule has 0 aliphatic carbocycles. The second-order valence-corrected chi connectivity index (χ2v) is 6.16. The maximum absolute atomic E-state index is 4.48. The highest BCUT2D eigenvalue weighted by atomic mass is 32.1. The zero-order chi connectivity index (χ0) is 11.1. The lowest BCUT2D eigenvalue weighted by atomic mass is 9.87. The van der Waals surface area contributed by atoms with Gasteiger partial charge in [0.25, 0.3) is 0 Å². The van der Waals surface area contributed by atoms with Crippen molar-refractivity contribution in [1.29, 1.82) is 0 Å². The lowest BCUT2D eigenvalue weighted by Crippen LogP contribution is -2.09. The van der Waals surface area contributed by atoms with Gasteiger partial charge in [0.2, 0.25) is 0 Å². The van der Waals surface area contributed by atoms with Crippen molar-refractivity contribution < 1.29 is 0 Å². The Balaban J connectivity index is 2.53. The number of rotatable bonds is 1. The van der Waals surface area contributed by atoms with Crippen LogP contribution in [0, 0.1) is 12.3 Å². The number of hydrogen-bond donors (Lipinski definition) is 0. The molecule has 0 atom stereocenters. The van der Waals surface area contributed by atoms with Gasteiger partial charge in [0, 0.05) is 0 Å². The molecule has 0 bridgehead atoms. The van der Waals surface area contributed by atoms with Crippen LogP contribution in [0.5, 0.6) is 0 Å². The molecule has 2 rings (SSSR count). The molecule has 0 N–H and O–H groups in total. The molecule has 0 aliphatic rings. The van der Waals surface area contributed by atoms with Crippen LogP contribution < -0.4 is 0 Å². The summed E-state index contributed by atoms with van der Waals surface area (Å²) in [7, 11) is 0. The molecule has 0 amide bonds. The first kappa shape index (κ1) is 10.6. The molecular formula is C13H17NS. The van der Waals surface area contributed by atoms with Crippen molar-refractivity contribution in [3.63, 3.8) is 0 Å². The van der Waals surface area contributed by atoms with E-state index in [0.29, 0.717) is 5.41 Å². The SMILES string of the molecule is Cc1ccc(CC(C)(C)C)c2ncsc12. The summed E-state index contributed by atoms with van der Waals surface area (Å²) in [5, 5.41) is 0. The number of hydrogen-bond acceptors (Lipinski definition) is 2. The third kappa shape index (κ3) is 2.20. The molecule has 0 saturated carbocycles. The Hall–Kier alpha value is -0.890. The van der Waals surface area contributed by atoms with Gasteiger partial charge in [-0.15, -0.1) is 11.3 Å². The van der Waals surface area contributed by atoms with Crippen LogP contribution in [-0.4, -0.2) is 4.98 Å². The van der Waals surface area contributed by atoms with E-state index < -0.39 is 0 Å². The molecule has 0 radical (unpaired) electrons. The van der Waals surface area contributed by atoms with E-state index in [0.717, 1.165) is 6.42 Å². The quantitative estimate of drug-likeness (QED) is 0.700. The zero-order valence-corrected chi connectivity index (χ0v) is 10.6. The number of fused-ring (bicyclic) bond motifs is 1. The monoisotopic (exact) mass is 219 g/mol. The fourth-order valence-corrected chi connectivity index (χ4v) is 2.66. The Morgan fingerprint density at radius 1 is 1.27 bits per heavy atom. The van der Waals surface area contributed by atoms with E-state index in [1.165, 1.54) is 21.3 Å². The Labute approximate surface area is 95.2 Å². The molecule has 1 nitrogen and oxygen atoms in total. The van der Waals surface area contributed by atoms with Crippen LogP contribution in [0.1, 0.15) is 31.9 Å². The fraction of sp³-hybridized carbons (Fsp3) is 0.462. The lowest BCUT2D eigenvalue weighted by molar-refractivity contribution is 0.412. The standard InChI is InChI=1S/C13H17NS/c1-9-5-6-10(7-13(2,3)4)11-12(9)15-8-14-11/h5-6,8H,7H2,1-4H3. The second-order valence-electron chi connectivity index (χ2n) is 5.31. The average molecular weight is 219 g/mol. The molecule has 0 saturated heterocycles. The Morgan fingerprint density at radius 2 is 2.00 bits per heavy atom. The topological polar surface area (TPSA) is 12.9 Å². The van der Waals surface area contributed by atoms with Crippen molar-refractivity contribution in [3.8, 4) is 0 Å². The maximum atomic E-state index is 4.48. The predicted octanol–water partition coefficient (Wildman–Crippen LogP) is 4.19. The van der Waals surface area contributed by atoms with Gasteiger partial charge in [-0.2, -0.15) is 0 Å². The molecule has 1 aromatic heterocycles. The van der Waals surface area contributed by atoms with Gasteiger partial charge in [0.1, 0.15) is 0 Å². The summed E-state index contributed by atoms with van der Waals surface area (Å²) in [6, 6.07) is 4.43. The van der Waals surface area contributed by atoms with E-state index >= 15 is 0 Å². The molecule has 1 heterocycles. The van der Waals surface area contributed by atoms with Crippen LogP contribution in [-0.2, 0) is 6.42 Å². The Kier molecular flexibility index (Phi) is 2.55. The molecule has 0 fully saturated rings. The van der Waals surface area contributed by atoms with Gasteiger partial charge >= 0.3 is 0 Å². The number of nitrogens with zero attached hydrogens (tertiary/aromatic N) is 1. The molecular weight excluding hydrogens is 202 g/mol. The minimum absolute atomic E-state index is 0.325. The number of benzene rings is 1. The second kappa shape index (κ2) is 3.60. The van der Waals surface area contributed by atoms with E-state index in [9.17, 15) is 0 Å². The maximum Gasteiger partial charge on any atom is 0.0846 e. The van der Waals surface area contributed by atoms with Gasteiger partial charge in [0.05, 0.1) is 15.7 Å². The van der Waals surface area contributed by atoms with Crippen molar-refractivity contribution >= 4 is 21.6 Å². The van der Waals surface area contributed by atoms with Crippen molar-refractivity contribution in [1.82, 2.24) is 4.98 Å². The van der Waals surface area contributed by atoms with Crippen LogP contribution in [0.25, 0.3) is 10.2 Å². The molecule has 1 aromatic carbocycles. The predicted molar refractivity (Wildman–Crippen MR) is 67.5 cm³/mol. The van der Waals surface area contributed by atoms with Crippen molar-refractivity contribution in [3.05, 3.63) is 28.8 Å². The van der Waals surface area contributed by atoms with Gasteiger partial charge in [-0.1, -0.05) is 32.9 Å². The van der Waals surface area contributed by atoms with Gasteiger partial charge in [-0.05, 0) is 29.9 Å². The first-order valence-electron chi connectivity index (χ1n) is 5.29. The van der Waals surface area contributed by atoms with Crippen LogP contribution in [0.3, 0.4) is 0 Å². The summed E-state index contributed by atoms with van der Waals surface area (Å²) in [4.78, 5) is 4.48. The van der Waals surface area contributed by atoms with Gasteiger partial charge in [-0.3, -0.25) is 0 Å². The minimum Gasteiger partial charge on any atom is -0.244 e. The average Bonchev–Trinajstić information content (AvgIpc) is 2.57. The van der Waals surface area contributed by atoms with Crippen molar-refractivity contribution in [2.24, 2.45) is 5.41 Å². The summed E-state index contributed by atoms with van der Waals surface area (Å²) in [6.07, 6.45) is 1.09. The normalized spacial score (nSPS) is 12.3. The Bertz CT molecular complexity index is 477. The fourth-order valence-electron chi connectivity index (χ4n) is 1.85. The molecule has 2 heteroatoms. The van der Waals surface area contributed by atoms with E-state index in [2.05, 4.69) is 44.8 Å². The highest BCUT2D eigenvalue weighted by Crippen LogP contribution is 2.29. The molecule has 80 valence electrons. The van der Waals surface area contributed by atoms with Crippen molar-refractivity contribution in [2.75, 3.05) is 0 Å². The molecule has 2 aromatic rings. The number of aryl methyl sites for hydroxylation is 1. The highest BCUT2D eigenvalue weighted by molar-refractivity contribution is 7.17. The van der Waals surface area contributed by atoms with Gasteiger partial charge in [-0.25, -0.2) is 4.98 Å². The number of thiazole rings is 1. The molecule has 0 aliphatic heterocycles.